The van der Waals surface area contributed by atoms with Crippen LogP contribution in [-0.2, 0) is 10.0 Å². The lowest BCUT2D eigenvalue weighted by Crippen LogP contribution is -2.34. The zero-order valence-corrected chi connectivity index (χ0v) is 13.7. The van der Waals surface area contributed by atoms with Crippen molar-refractivity contribution in [1.82, 2.24) is 14.3 Å². The van der Waals surface area contributed by atoms with Crippen LogP contribution in [0.15, 0.2) is 17.3 Å². The summed E-state index contributed by atoms with van der Waals surface area (Å²) in [5.41, 5.74) is 0. The molecular formula is C14H24N4O2S. The summed E-state index contributed by atoms with van der Waals surface area (Å²) in [4.78, 5) is 8.31. The van der Waals surface area contributed by atoms with Crippen molar-refractivity contribution in [2.75, 3.05) is 18.4 Å². The van der Waals surface area contributed by atoms with Gasteiger partial charge in [-0.3, -0.25) is 0 Å². The fraction of sp³-hybridized carbons (Fsp3) is 0.714. The van der Waals surface area contributed by atoms with Gasteiger partial charge in [0.15, 0.2) is 0 Å². The molecule has 1 heterocycles. The molecule has 118 valence electrons. The van der Waals surface area contributed by atoms with Crippen LogP contribution in [0, 0.1) is 5.92 Å². The van der Waals surface area contributed by atoms with E-state index < -0.39 is 10.0 Å². The molecule has 0 spiro atoms. The van der Waals surface area contributed by atoms with E-state index in [2.05, 4.69) is 29.1 Å². The van der Waals surface area contributed by atoms with Crippen LogP contribution in [-0.4, -0.2) is 41.8 Å². The van der Waals surface area contributed by atoms with E-state index in [0.717, 1.165) is 19.3 Å². The molecule has 2 rings (SSSR count). The summed E-state index contributed by atoms with van der Waals surface area (Å²) in [5.74, 6) is 0.936. The van der Waals surface area contributed by atoms with Crippen molar-refractivity contribution in [3.8, 4) is 0 Å². The zero-order valence-electron chi connectivity index (χ0n) is 12.9. The molecular weight excluding hydrogens is 288 g/mol. The number of nitrogens with zero attached hydrogens (tertiary/aromatic N) is 3. The Morgan fingerprint density at radius 2 is 1.95 bits per heavy atom. The summed E-state index contributed by atoms with van der Waals surface area (Å²) in [6.07, 6.45) is 5.56. The Hall–Kier alpha value is -1.21. The van der Waals surface area contributed by atoms with E-state index in [1.165, 1.54) is 12.4 Å². The number of rotatable bonds is 8. The first-order valence-electron chi connectivity index (χ1n) is 7.53. The van der Waals surface area contributed by atoms with Crippen molar-refractivity contribution in [2.24, 2.45) is 5.92 Å². The molecule has 0 atom stereocenters. The van der Waals surface area contributed by atoms with Gasteiger partial charge in [-0.1, -0.05) is 13.8 Å². The van der Waals surface area contributed by atoms with Gasteiger partial charge in [0.1, 0.15) is 4.90 Å². The molecule has 6 nitrogen and oxygen atoms in total. The zero-order chi connectivity index (χ0) is 15.5. The third-order valence-corrected chi connectivity index (χ3v) is 5.36. The molecule has 1 aliphatic rings. The Labute approximate surface area is 127 Å². The van der Waals surface area contributed by atoms with E-state index in [9.17, 15) is 8.42 Å². The summed E-state index contributed by atoms with van der Waals surface area (Å²) in [6.45, 7) is 7.42. The topological polar surface area (TPSA) is 75.2 Å². The lowest BCUT2D eigenvalue weighted by Gasteiger charge is -2.22. The van der Waals surface area contributed by atoms with Crippen molar-refractivity contribution < 1.29 is 8.42 Å². The minimum absolute atomic E-state index is 0.155. The molecule has 0 unspecified atom stereocenters. The molecule has 1 N–H and O–H groups in total. The number of anilines is 1. The number of sulfonamides is 1. The summed E-state index contributed by atoms with van der Waals surface area (Å²) >= 11 is 0. The highest BCUT2D eigenvalue weighted by molar-refractivity contribution is 7.89. The summed E-state index contributed by atoms with van der Waals surface area (Å²) < 4.78 is 27.1. The third-order valence-electron chi connectivity index (χ3n) is 3.45. The summed E-state index contributed by atoms with van der Waals surface area (Å²) in [7, 11) is -3.48. The van der Waals surface area contributed by atoms with Crippen LogP contribution in [0.4, 0.5) is 5.95 Å². The molecule has 1 aliphatic carbocycles. The second-order valence-corrected chi connectivity index (χ2v) is 7.69. The molecule has 1 aromatic rings. The monoisotopic (exact) mass is 312 g/mol. The van der Waals surface area contributed by atoms with Gasteiger partial charge in [-0.25, -0.2) is 18.4 Å². The molecule has 1 aromatic heterocycles. The van der Waals surface area contributed by atoms with E-state index in [0.29, 0.717) is 25.0 Å². The molecule has 0 amide bonds. The van der Waals surface area contributed by atoms with Crippen LogP contribution >= 0.6 is 0 Å². The van der Waals surface area contributed by atoms with Crippen molar-refractivity contribution in [1.29, 1.82) is 0 Å². The average Bonchev–Trinajstić information content (AvgIpc) is 3.24. The Morgan fingerprint density at radius 3 is 2.43 bits per heavy atom. The second kappa shape index (κ2) is 6.70. The normalized spacial score (nSPS) is 15.7. The van der Waals surface area contributed by atoms with E-state index >= 15 is 0 Å². The smallest absolute Gasteiger partial charge is 0.246 e. The third kappa shape index (κ3) is 4.14. The molecule has 0 bridgehead atoms. The molecule has 1 saturated carbocycles. The van der Waals surface area contributed by atoms with E-state index in [1.807, 2.05) is 6.92 Å². The van der Waals surface area contributed by atoms with Gasteiger partial charge in [-0.05, 0) is 32.1 Å². The van der Waals surface area contributed by atoms with E-state index in [4.69, 9.17) is 0 Å². The highest BCUT2D eigenvalue weighted by atomic mass is 32.2. The van der Waals surface area contributed by atoms with Crippen molar-refractivity contribution in [3.05, 3.63) is 12.4 Å². The van der Waals surface area contributed by atoms with Crippen LogP contribution in [0.5, 0.6) is 0 Å². The average molecular weight is 312 g/mol. The maximum Gasteiger partial charge on any atom is 0.246 e. The van der Waals surface area contributed by atoms with Gasteiger partial charge in [0.2, 0.25) is 16.0 Å². The lowest BCUT2D eigenvalue weighted by molar-refractivity contribution is 0.373. The maximum atomic E-state index is 12.7. The fourth-order valence-electron chi connectivity index (χ4n) is 2.08. The van der Waals surface area contributed by atoms with E-state index in [1.54, 1.807) is 4.31 Å². The molecule has 0 aliphatic heterocycles. The first-order chi connectivity index (χ1) is 9.95. The van der Waals surface area contributed by atoms with Gasteiger partial charge >= 0.3 is 0 Å². The van der Waals surface area contributed by atoms with Crippen molar-refractivity contribution in [2.45, 2.75) is 51.0 Å². The Bertz CT molecular complexity index is 553. The van der Waals surface area contributed by atoms with Gasteiger partial charge in [0, 0.05) is 19.1 Å². The SMILES string of the molecule is CCNc1ncc(S(=O)(=O)N(CCC(C)C)C2CC2)cn1. The van der Waals surface area contributed by atoms with E-state index in [-0.39, 0.29) is 10.9 Å². The highest BCUT2D eigenvalue weighted by Gasteiger charge is 2.38. The van der Waals surface area contributed by atoms with Crippen LogP contribution in [0.25, 0.3) is 0 Å². The van der Waals surface area contributed by atoms with Crippen LogP contribution < -0.4 is 5.32 Å². The predicted molar refractivity (Wildman–Crippen MR) is 82.6 cm³/mol. The summed E-state index contributed by atoms with van der Waals surface area (Å²) in [6, 6.07) is 0.155. The first kappa shape index (κ1) is 16.2. The van der Waals surface area contributed by atoms with Gasteiger partial charge in [-0.15, -0.1) is 0 Å². The van der Waals surface area contributed by atoms with Gasteiger partial charge in [0.25, 0.3) is 0 Å². The van der Waals surface area contributed by atoms with Crippen LogP contribution in [0.2, 0.25) is 0 Å². The molecule has 0 saturated heterocycles. The maximum absolute atomic E-state index is 12.7. The number of hydrogen-bond acceptors (Lipinski definition) is 5. The fourth-order valence-corrected chi connectivity index (χ4v) is 3.67. The van der Waals surface area contributed by atoms with Crippen molar-refractivity contribution in [3.63, 3.8) is 0 Å². The largest absolute Gasteiger partial charge is 0.355 e. The quantitative estimate of drug-likeness (QED) is 0.795. The molecule has 1 fully saturated rings. The lowest BCUT2D eigenvalue weighted by atomic mass is 10.1. The van der Waals surface area contributed by atoms with Gasteiger partial charge < -0.3 is 5.32 Å². The predicted octanol–water partition coefficient (Wildman–Crippen LogP) is 2.11. The minimum atomic E-state index is -3.48. The van der Waals surface area contributed by atoms with Gasteiger partial charge in [-0.2, -0.15) is 4.31 Å². The first-order valence-corrected chi connectivity index (χ1v) is 8.97. The molecule has 7 heteroatoms. The Kier molecular flexibility index (Phi) is 5.16. The Balaban J connectivity index is 2.17. The minimum Gasteiger partial charge on any atom is -0.355 e. The molecule has 21 heavy (non-hydrogen) atoms. The highest BCUT2D eigenvalue weighted by Crippen LogP contribution is 2.32. The second-order valence-electron chi connectivity index (χ2n) is 5.80. The number of hydrogen-bond donors (Lipinski definition) is 1. The van der Waals surface area contributed by atoms with Crippen LogP contribution in [0.3, 0.4) is 0 Å². The summed E-state index contributed by atoms with van der Waals surface area (Å²) in [5, 5.41) is 2.96. The van der Waals surface area contributed by atoms with Crippen molar-refractivity contribution >= 4 is 16.0 Å². The number of nitrogens with one attached hydrogen (secondary N) is 1. The van der Waals surface area contributed by atoms with Crippen LogP contribution in [0.1, 0.15) is 40.0 Å². The molecule has 0 radical (unpaired) electrons. The van der Waals surface area contributed by atoms with Gasteiger partial charge in [0.05, 0.1) is 12.4 Å². The molecule has 0 aromatic carbocycles. The standard InChI is InChI=1S/C14H24N4O2S/c1-4-15-14-16-9-13(10-17-14)21(19,20)18(12-5-6-12)8-7-11(2)3/h9-12H,4-8H2,1-3H3,(H,15,16,17). The number of aromatic nitrogens is 2. The Morgan fingerprint density at radius 1 is 1.33 bits per heavy atom.